The molecule has 0 N–H and O–H groups in total. The number of anilines is 1. The molecule has 1 aromatic rings. The van der Waals surface area contributed by atoms with Crippen molar-refractivity contribution in [1.82, 2.24) is 9.80 Å². The van der Waals surface area contributed by atoms with E-state index in [9.17, 15) is 9.59 Å². The van der Waals surface area contributed by atoms with Crippen LogP contribution in [0.2, 0.25) is 0 Å². The van der Waals surface area contributed by atoms with Crippen LogP contribution in [0, 0.1) is 0 Å². The van der Waals surface area contributed by atoms with Gasteiger partial charge in [0.2, 0.25) is 5.91 Å². The summed E-state index contributed by atoms with van der Waals surface area (Å²) in [5.41, 5.74) is 1.42. The van der Waals surface area contributed by atoms with Gasteiger partial charge in [0.05, 0.1) is 6.54 Å². The second-order valence-electron chi connectivity index (χ2n) is 5.63. The van der Waals surface area contributed by atoms with Crippen LogP contribution in [0.25, 0.3) is 0 Å². The predicted molar refractivity (Wildman–Crippen MR) is 83.8 cm³/mol. The summed E-state index contributed by atoms with van der Waals surface area (Å²) in [6.07, 6.45) is 0. The quantitative estimate of drug-likeness (QED) is 0.779. The van der Waals surface area contributed by atoms with Gasteiger partial charge in [-0.25, -0.2) is 0 Å². The lowest BCUT2D eigenvalue weighted by Gasteiger charge is -2.31. The minimum absolute atomic E-state index is 0.0429. The number of likely N-dealkylation sites (N-methyl/N-ethyl adjacent to an activating group) is 1. The first kappa shape index (κ1) is 15.7. The van der Waals surface area contributed by atoms with E-state index in [0.29, 0.717) is 12.1 Å². The summed E-state index contributed by atoms with van der Waals surface area (Å²) in [4.78, 5) is 29.8. The molecule has 1 fully saturated rings. The van der Waals surface area contributed by atoms with Crippen molar-refractivity contribution in [3.63, 3.8) is 0 Å². The Labute approximate surface area is 126 Å². The Hall–Kier alpha value is -1.72. The molecule has 0 saturated carbocycles. The van der Waals surface area contributed by atoms with Gasteiger partial charge in [0.25, 0.3) is 0 Å². The van der Waals surface area contributed by atoms with Crippen molar-refractivity contribution in [2.75, 3.05) is 51.7 Å². The summed E-state index contributed by atoms with van der Waals surface area (Å²) in [5.74, 6) is 0.0667. The van der Waals surface area contributed by atoms with Crippen LogP contribution >= 0.6 is 0 Å². The number of rotatable bonds is 4. The SMILES string of the molecule is CC(=O)N(C)c1cccc(C(=O)CN2CCN(C)CC2)c1. The van der Waals surface area contributed by atoms with Crippen LogP contribution in [0.4, 0.5) is 5.69 Å². The molecule has 114 valence electrons. The first-order chi connectivity index (χ1) is 9.97. The van der Waals surface area contributed by atoms with Gasteiger partial charge in [-0.15, -0.1) is 0 Å². The molecule has 1 aromatic carbocycles. The van der Waals surface area contributed by atoms with E-state index in [1.807, 2.05) is 18.2 Å². The Kier molecular flexibility index (Phi) is 5.09. The molecule has 21 heavy (non-hydrogen) atoms. The second-order valence-corrected chi connectivity index (χ2v) is 5.63. The molecular formula is C16H23N3O2. The molecular weight excluding hydrogens is 266 g/mol. The third kappa shape index (κ3) is 4.12. The molecule has 0 bridgehead atoms. The maximum atomic E-state index is 12.4. The lowest BCUT2D eigenvalue weighted by Crippen LogP contribution is -2.46. The predicted octanol–water partition coefficient (Wildman–Crippen LogP) is 1.10. The van der Waals surface area contributed by atoms with Gasteiger partial charge in [-0.3, -0.25) is 14.5 Å². The molecule has 2 rings (SSSR count). The Balaban J connectivity index is 2.02. The highest BCUT2D eigenvalue weighted by Crippen LogP contribution is 2.16. The van der Waals surface area contributed by atoms with Gasteiger partial charge in [0.1, 0.15) is 0 Å². The Morgan fingerprint density at radius 2 is 1.86 bits per heavy atom. The minimum Gasteiger partial charge on any atom is -0.316 e. The van der Waals surface area contributed by atoms with Gasteiger partial charge >= 0.3 is 0 Å². The van der Waals surface area contributed by atoms with Crippen LogP contribution in [-0.2, 0) is 4.79 Å². The number of hydrogen-bond acceptors (Lipinski definition) is 4. The summed E-state index contributed by atoms with van der Waals surface area (Å²) in [5, 5.41) is 0. The highest BCUT2D eigenvalue weighted by atomic mass is 16.2. The second kappa shape index (κ2) is 6.83. The number of carbonyl (C=O) groups excluding carboxylic acids is 2. The van der Waals surface area contributed by atoms with Gasteiger partial charge < -0.3 is 9.80 Å². The van der Waals surface area contributed by atoms with Crippen LogP contribution in [0.15, 0.2) is 24.3 Å². The number of amides is 1. The standard InChI is InChI=1S/C16H23N3O2/c1-13(20)18(3)15-6-4-5-14(11-15)16(21)12-19-9-7-17(2)8-10-19/h4-6,11H,7-10,12H2,1-3H3. The minimum atomic E-state index is -0.0429. The summed E-state index contributed by atoms with van der Waals surface area (Å²) < 4.78 is 0. The van der Waals surface area contributed by atoms with Gasteiger partial charge in [-0.2, -0.15) is 0 Å². The van der Waals surface area contributed by atoms with E-state index in [0.717, 1.165) is 31.9 Å². The zero-order valence-electron chi connectivity index (χ0n) is 13.0. The van der Waals surface area contributed by atoms with Crippen molar-refractivity contribution in [1.29, 1.82) is 0 Å². The van der Waals surface area contributed by atoms with Crippen molar-refractivity contribution >= 4 is 17.4 Å². The fourth-order valence-electron chi connectivity index (χ4n) is 2.37. The van der Waals surface area contributed by atoms with Gasteiger partial charge in [0, 0.05) is 51.4 Å². The molecule has 1 saturated heterocycles. The van der Waals surface area contributed by atoms with Crippen molar-refractivity contribution in [2.24, 2.45) is 0 Å². The largest absolute Gasteiger partial charge is 0.316 e. The molecule has 0 aliphatic carbocycles. The molecule has 1 heterocycles. The number of ketones is 1. The Morgan fingerprint density at radius 3 is 2.48 bits per heavy atom. The molecule has 1 amide bonds. The zero-order valence-corrected chi connectivity index (χ0v) is 13.0. The van der Waals surface area contributed by atoms with E-state index >= 15 is 0 Å². The van der Waals surface area contributed by atoms with Crippen LogP contribution in [0.1, 0.15) is 17.3 Å². The fourth-order valence-corrected chi connectivity index (χ4v) is 2.37. The van der Waals surface area contributed by atoms with E-state index in [1.165, 1.54) is 6.92 Å². The molecule has 0 spiro atoms. The smallest absolute Gasteiger partial charge is 0.223 e. The molecule has 5 heteroatoms. The fraction of sp³-hybridized carbons (Fsp3) is 0.500. The monoisotopic (exact) mass is 289 g/mol. The maximum absolute atomic E-state index is 12.4. The van der Waals surface area contributed by atoms with E-state index < -0.39 is 0 Å². The van der Waals surface area contributed by atoms with Gasteiger partial charge in [-0.1, -0.05) is 12.1 Å². The summed E-state index contributed by atoms with van der Waals surface area (Å²) in [7, 11) is 3.81. The molecule has 5 nitrogen and oxygen atoms in total. The lowest BCUT2D eigenvalue weighted by atomic mass is 10.1. The van der Waals surface area contributed by atoms with Crippen LogP contribution in [0.5, 0.6) is 0 Å². The van der Waals surface area contributed by atoms with E-state index in [-0.39, 0.29) is 11.7 Å². The number of benzene rings is 1. The molecule has 1 aliphatic heterocycles. The number of Topliss-reactive ketones (excluding diaryl/α,β-unsaturated/α-hetero) is 1. The van der Waals surface area contributed by atoms with Crippen molar-refractivity contribution in [3.8, 4) is 0 Å². The molecule has 0 unspecified atom stereocenters. The third-order valence-corrected chi connectivity index (χ3v) is 3.99. The molecule has 0 atom stereocenters. The van der Waals surface area contributed by atoms with E-state index in [2.05, 4.69) is 16.8 Å². The highest BCUT2D eigenvalue weighted by molar-refractivity contribution is 5.99. The maximum Gasteiger partial charge on any atom is 0.223 e. The van der Waals surface area contributed by atoms with Gasteiger partial charge in [0.15, 0.2) is 5.78 Å². The van der Waals surface area contributed by atoms with Crippen molar-refractivity contribution in [2.45, 2.75) is 6.92 Å². The third-order valence-electron chi connectivity index (χ3n) is 3.99. The van der Waals surface area contributed by atoms with Crippen LogP contribution in [0.3, 0.4) is 0 Å². The average Bonchev–Trinajstić information content (AvgIpc) is 2.48. The Morgan fingerprint density at radius 1 is 1.19 bits per heavy atom. The normalized spacial score (nSPS) is 16.7. The molecule has 1 aliphatic rings. The first-order valence-corrected chi connectivity index (χ1v) is 7.26. The van der Waals surface area contributed by atoms with E-state index in [1.54, 1.807) is 18.0 Å². The highest BCUT2D eigenvalue weighted by Gasteiger charge is 2.18. The lowest BCUT2D eigenvalue weighted by molar-refractivity contribution is -0.116. The van der Waals surface area contributed by atoms with Crippen LogP contribution in [-0.4, -0.2) is 68.3 Å². The number of hydrogen-bond donors (Lipinski definition) is 0. The average molecular weight is 289 g/mol. The Bertz CT molecular complexity index is 522. The van der Waals surface area contributed by atoms with Crippen molar-refractivity contribution < 1.29 is 9.59 Å². The summed E-state index contributed by atoms with van der Waals surface area (Å²) in [6.45, 7) is 5.81. The van der Waals surface area contributed by atoms with Gasteiger partial charge in [-0.05, 0) is 19.2 Å². The van der Waals surface area contributed by atoms with Crippen molar-refractivity contribution in [3.05, 3.63) is 29.8 Å². The molecule has 0 radical (unpaired) electrons. The van der Waals surface area contributed by atoms with E-state index in [4.69, 9.17) is 0 Å². The number of nitrogens with zero attached hydrogens (tertiary/aromatic N) is 3. The summed E-state index contributed by atoms with van der Waals surface area (Å²) >= 11 is 0. The first-order valence-electron chi connectivity index (χ1n) is 7.26. The number of carbonyl (C=O) groups is 2. The zero-order chi connectivity index (χ0) is 15.4. The van der Waals surface area contributed by atoms with Crippen LogP contribution < -0.4 is 4.90 Å². The summed E-state index contributed by atoms with van der Waals surface area (Å²) in [6, 6.07) is 7.27. The number of piperazine rings is 1. The topological polar surface area (TPSA) is 43.9 Å². The molecule has 0 aromatic heterocycles.